The molecule has 1 aliphatic rings. The van der Waals surface area contributed by atoms with Gasteiger partial charge in [-0.1, -0.05) is 0 Å². The minimum Gasteiger partial charge on any atom is -0.367 e. The molecule has 0 radical (unpaired) electrons. The van der Waals surface area contributed by atoms with Crippen LogP contribution in [0.15, 0.2) is 18.7 Å². The number of hydrogen-bond donors (Lipinski definition) is 3. The van der Waals surface area contributed by atoms with Crippen molar-refractivity contribution in [3.8, 4) is 0 Å². The van der Waals surface area contributed by atoms with Gasteiger partial charge in [-0.3, -0.25) is 4.68 Å². The number of likely N-dealkylation sites (tertiary alicyclic amines) is 1. The summed E-state index contributed by atoms with van der Waals surface area (Å²) in [5.41, 5.74) is 2.31. The molecule has 0 aromatic carbocycles. The lowest BCUT2D eigenvalue weighted by Gasteiger charge is -2.15. The first-order chi connectivity index (χ1) is 11.8. The third-order valence-electron chi connectivity index (χ3n) is 4.17. The molecule has 24 heavy (non-hydrogen) atoms. The van der Waals surface area contributed by atoms with Gasteiger partial charge in [0.2, 0.25) is 5.95 Å². The molecular weight excluding hydrogens is 306 g/mol. The summed E-state index contributed by atoms with van der Waals surface area (Å²) in [6.45, 7) is 4.25. The third-order valence-corrected chi connectivity index (χ3v) is 4.17. The van der Waals surface area contributed by atoms with E-state index in [0.29, 0.717) is 11.6 Å². The maximum atomic E-state index is 4.58. The fourth-order valence-electron chi connectivity index (χ4n) is 2.97. The van der Waals surface area contributed by atoms with Gasteiger partial charge in [0.1, 0.15) is 5.52 Å². The second kappa shape index (κ2) is 6.44. The molecule has 3 N–H and O–H groups in total. The lowest BCUT2D eigenvalue weighted by molar-refractivity contribution is 0.352. The van der Waals surface area contributed by atoms with E-state index in [9.17, 15) is 0 Å². The van der Waals surface area contributed by atoms with Crippen molar-refractivity contribution in [1.29, 1.82) is 0 Å². The van der Waals surface area contributed by atoms with Gasteiger partial charge in [-0.25, -0.2) is 4.98 Å². The third kappa shape index (κ3) is 3.16. The maximum absolute atomic E-state index is 4.58. The van der Waals surface area contributed by atoms with Gasteiger partial charge < -0.3 is 20.5 Å². The van der Waals surface area contributed by atoms with E-state index in [0.717, 1.165) is 30.1 Å². The molecule has 0 spiro atoms. The molecule has 0 aliphatic carbocycles. The highest BCUT2D eigenvalue weighted by Crippen LogP contribution is 2.20. The second-order valence-electron chi connectivity index (χ2n) is 6.00. The number of aromatic amines is 1. The van der Waals surface area contributed by atoms with Crippen molar-refractivity contribution in [2.45, 2.75) is 12.8 Å². The Labute approximate surface area is 139 Å². The Bertz CT molecular complexity index is 815. The first kappa shape index (κ1) is 14.9. The Morgan fingerprint density at radius 2 is 2.12 bits per heavy atom. The summed E-state index contributed by atoms with van der Waals surface area (Å²) < 4.78 is 1.73. The smallest absolute Gasteiger partial charge is 0.231 e. The van der Waals surface area contributed by atoms with Crippen LogP contribution in [0.25, 0.3) is 11.2 Å². The van der Waals surface area contributed by atoms with E-state index < -0.39 is 0 Å². The maximum Gasteiger partial charge on any atom is 0.231 e. The van der Waals surface area contributed by atoms with Crippen LogP contribution in [0, 0.1) is 0 Å². The quantitative estimate of drug-likeness (QED) is 0.628. The van der Waals surface area contributed by atoms with E-state index in [1.54, 1.807) is 17.2 Å². The van der Waals surface area contributed by atoms with Crippen LogP contribution in [-0.2, 0) is 7.05 Å². The van der Waals surface area contributed by atoms with Gasteiger partial charge in [0.05, 0.1) is 18.2 Å². The van der Waals surface area contributed by atoms with Crippen LogP contribution in [0.5, 0.6) is 0 Å². The van der Waals surface area contributed by atoms with Gasteiger partial charge in [0.25, 0.3) is 0 Å². The highest BCUT2D eigenvalue weighted by Gasteiger charge is 2.13. The van der Waals surface area contributed by atoms with Gasteiger partial charge in [-0.2, -0.15) is 15.1 Å². The molecule has 1 aliphatic heterocycles. The number of fused-ring (bicyclic) bond motifs is 1. The lowest BCUT2D eigenvalue weighted by Crippen LogP contribution is -2.26. The Hall–Kier alpha value is -2.68. The molecule has 1 saturated heterocycles. The summed E-state index contributed by atoms with van der Waals surface area (Å²) in [6.07, 6.45) is 7.85. The van der Waals surface area contributed by atoms with Crippen LogP contribution in [-0.4, -0.2) is 60.8 Å². The molecule has 4 heterocycles. The standard InChI is InChI=1S/C15H21N9/c1-23-9-11(8-19-23)20-15-21-13(12-14(22-15)18-10-17-12)16-4-7-24-5-2-3-6-24/h8-10H,2-7H2,1H3,(H3,16,17,18,20,21,22). The zero-order valence-electron chi connectivity index (χ0n) is 13.7. The predicted octanol–water partition coefficient (Wildman–Crippen LogP) is 1.34. The van der Waals surface area contributed by atoms with Crippen molar-refractivity contribution < 1.29 is 0 Å². The van der Waals surface area contributed by atoms with E-state index in [2.05, 4.69) is 40.6 Å². The zero-order chi connectivity index (χ0) is 16.4. The average Bonchev–Trinajstić information content (AvgIpc) is 3.29. The van der Waals surface area contributed by atoms with E-state index in [-0.39, 0.29) is 0 Å². The van der Waals surface area contributed by atoms with Crippen molar-refractivity contribution in [1.82, 2.24) is 34.6 Å². The molecule has 126 valence electrons. The van der Waals surface area contributed by atoms with Crippen LogP contribution in [0.4, 0.5) is 17.5 Å². The first-order valence-electron chi connectivity index (χ1n) is 8.21. The Balaban J connectivity index is 1.50. The van der Waals surface area contributed by atoms with Crippen LogP contribution >= 0.6 is 0 Å². The highest BCUT2D eigenvalue weighted by molar-refractivity contribution is 5.84. The first-order valence-corrected chi connectivity index (χ1v) is 8.21. The number of rotatable bonds is 6. The number of H-pyrrole nitrogens is 1. The van der Waals surface area contributed by atoms with E-state index >= 15 is 0 Å². The number of aryl methyl sites for hydroxylation is 1. The summed E-state index contributed by atoms with van der Waals surface area (Å²) >= 11 is 0. The van der Waals surface area contributed by atoms with Crippen molar-refractivity contribution >= 4 is 28.6 Å². The number of aromatic nitrogens is 6. The SMILES string of the molecule is Cn1cc(Nc2nc(NCCN3CCCC3)c3[nH]cnc3n2)cn1. The molecule has 9 nitrogen and oxygen atoms in total. The average molecular weight is 327 g/mol. The molecular formula is C15H21N9. The number of nitrogens with zero attached hydrogens (tertiary/aromatic N) is 6. The van der Waals surface area contributed by atoms with Gasteiger partial charge in [-0.05, 0) is 25.9 Å². The van der Waals surface area contributed by atoms with E-state index in [4.69, 9.17) is 0 Å². The van der Waals surface area contributed by atoms with Gasteiger partial charge in [0.15, 0.2) is 11.5 Å². The highest BCUT2D eigenvalue weighted by atomic mass is 15.3. The molecule has 3 aromatic heterocycles. The van der Waals surface area contributed by atoms with Crippen LogP contribution in [0.3, 0.4) is 0 Å². The Kier molecular flexibility index (Phi) is 3.99. The Morgan fingerprint density at radius 3 is 2.92 bits per heavy atom. The zero-order valence-corrected chi connectivity index (χ0v) is 13.7. The van der Waals surface area contributed by atoms with E-state index in [1.807, 2.05) is 13.2 Å². The minimum absolute atomic E-state index is 0.506. The van der Waals surface area contributed by atoms with Gasteiger partial charge in [0, 0.05) is 26.3 Å². The molecule has 0 saturated carbocycles. The largest absolute Gasteiger partial charge is 0.367 e. The molecule has 4 rings (SSSR count). The molecule has 0 amide bonds. The number of hydrogen-bond acceptors (Lipinski definition) is 7. The second-order valence-corrected chi connectivity index (χ2v) is 6.00. The van der Waals surface area contributed by atoms with Crippen molar-refractivity contribution in [3.05, 3.63) is 18.7 Å². The summed E-state index contributed by atoms with van der Waals surface area (Å²) in [5, 5.41) is 10.7. The van der Waals surface area contributed by atoms with Crippen LogP contribution in [0.1, 0.15) is 12.8 Å². The topological polar surface area (TPSA) is 99.6 Å². The molecule has 0 bridgehead atoms. The summed E-state index contributed by atoms with van der Waals surface area (Å²) in [5.74, 6) is 1.27. The minimum atomic E-state index is 0.506. The van der Waals surface area contributed by atoms with Gasteiger partial charge in [-0.15, -0.1) is 0 Å². The van der Waals surface area contributed by atoms with Crippen molar-refractivity contribution in [3.63, 3.8) is 0 Å². The molecule has 9 heteroatoms. The Morgan fingerprint density at radius 1 is 1.25 bits per heavy atom. The molecule has 0 unspecified atom stereocenters. The summed E-state index contributed by atoms with van der Waals surface area (Å²) in [4.78, 5) is 18.8. The molecule has 3 aromatic rings. The van der Waals surface area contributed by atoms with Crippen LogP contribution < -0.4 is 10.6 Å². The summed E-state index contributed by atoms with van der Waals surface area (Å²) in [6, 6.07) is 0. The van der Waals surface area contributed by atoms with E-state index in [1.165, 1.54) is 25.9 Å². The fraction of sp³-hybridized carbons (Fsp3) is 0.467. The number of anilines is 3. The molecule has 1 fully saturated rings. The molecule has 0 atom stereocenters. The fourth-order valence-corrected chi connectivity index (χ4v) is 2.97. The number of imidazole rings is 1. The monoisotopic (exact) mass is 327 g/mol. The van der Waals surface area contributed by atoms with Crippen molar-refractivity contribution in [2.75, 3.05) is 36.8 Å². The predicted molar refractivity (Wildman–Crippen MR) is 92.3 cm³/mol. The normalized spacial score (nSPS) is 15.2. The summed E-state index contributed by atoms with van der Waals surface area (Å²) in [7, 11) is 1.87. The number of nitrogens with one attached hydrogen (secondary N) is 3. The van der Waals surface area contributed by atoms with Crippen LogP contribution in [0.2, 0.25) is 0 Å². The lowest BCUT2D eigenvalue weighted by atomic mass is 10.4. The van der Waals surface area contributed by atoms with Crippen molar-refractivity contribution in [2.24, 2.45) is 7.05 Å². The van der Waals surface area contributed by atoms with Gasteiger partial charge >= 0.3 is 0 Å².